The van der Waals surface area contributed by atoms with E-state index >= 15 is 0 Å². The summed E-state index contributed by atoms with van der Waals surface area (Å²) >= 11 is 0. The second-order valence-electron chi connectivity index (χ2n) is 5.56. The summed E-state index contributed by atoms with van der Waals surface area (Å²) in [6.07, 6.45) is 0. The number of aromatic hydroxyl groups is 1. The van der Waals surface area contributed by atoms with Gasteiger partial charge in [-0.1, -0.05) is 51.1 Å². The normalized spacial score (nSPS) is 13.9. The van der Waals surface area contributed by atoms with Crippen molar-refractivity contribution in [3.05, 3.63) is 42.0 Å². The average molecular weight is 229 g/mol. The summed E-state index contributed by atoms with van der Waals surface area (Å²) in [7, 11) is 0. The zero-order valence-electron chi connectivity index (χ0n) is 10.6. The summed E-state index contributed by atoms with van der Waals surface area (Å²) in [5, 5.41) is 11.7. The Bertz CT molecular complexity index is 540. The molecule has 3 N–H and O–H groups in total. The number of hydrogen-bond acceptors (Lipinski definition) is 2. The van der Waals surface area contributed by atoms with Gasteiger partial charge < -0.3 is 10.8 Å². The van der Waals surface area contributed by atoms with Crippen molar-refractivity contribution in [1.29, 1.82) is 0 Å². The van der Waals surface area contributed by atoms with Crippen LogP contribution in [0.3, 0.4) is 0 Å². The van der Waals surface area contributed by atoms with Gasteiger partial charge in [-0.15, -0.1) is 0 Å². The molecule has 1 atom stereocenters. The van der Waals surface area contributed by atoms with Crippen LogP contribution in [0.4, 0.5) is 0 Å². The number of hydrogen-bond donors (Lipinski definition) is 2. The van der Waals surface area contributed by atoms with Gasteiger partial charge in [0.2, 0.25) is 0 Å². The van der Waals surface area contributed by atoms with Gasteiger partial charge >= 0.3 is 0 Å². The maximum absolute atomic E-state index is 9.84. The zero-order chi connectivity index (χ0) is 12.6. The third kappa shape index (κ3) is 2.13. The molecule has 2 nitrogen and oxygen atoms in total. The maximum Gasteiger partial charge on any atom is 0.123 e. The van der Waals surface area contributed by atoms with Crippen LogP contribution >= 0.6 is 0 Å². The Kier molecular flexibility index (Phi) is 2.84. The molecule has 0 spiro atoms. The van der Waals surface area contributed by atoms with E-state index < -0.39 is 0 Å². The Morgan fingerprint density at radius 1 is 1.00 bits per heavy atom. The van der Waals surface area contributed by atoms with Crippen molar-refractivity contribution >= 4 is 10.8 Å². The van der Waals surface area contributed by atoms with Gasteiger partial charge in [0, 0.05) is 11.4 Å². The molecular formula is C15H19NO. The molecule has 0 aliphatic carbocycles. The summed E-state index contributed by atoms with van der Waals surface area (Å²) in [4.78, 5) is 0. The third-order valence-electron chi connectivity index (χ3n) is 3.20. The lowest BCUT2D eigenvalue weighted by molar-refractivity contribution is 0.328. The fourth-order valence-corrected chi connectivity index (χ4v) is 2.04. The second-order valence-corrected chi connectivity index (χ2v) is 5.56. The van der Waals surface area contributed by atoms with Crippen LogP contribution in [0.15, 0.2) is 36.4 Å². The van der Waals surface area contributed by atoms with E-state index in [1.165, 1.54) is 0 Å². The van der Waals surface area contributed by atoms with Crippen molar-refractivity contribution in [2.75, 3.05) is 0 Å². The molecule has 0 radical (unpaired) electrons. The highest BCUT2D eigenvalue weighted by atomic mass is 16.3. The summed E-state index contributed by atoms with van der Waals surface area (Å²) in [5.41, 5.74) is 7.40. The minimum absolute atomic E-state index is 0.000254. The van der Waals surface area contributed by atoms with Gasteiger partial charge in [0.25, 0.3) is 0 Å². The quantitative estimate of drug-likeness (QED) is 0.785. The fourth-order valence-electron chi connectivity index (χ4n) is 2.04. The van der Waals surface area contributed by atoms with E-state index in [1.54, 1.807) is 6.07 Å². The van der Waals surface area contributed by atoms with Crippen LogP contribution in [0.5, 0.6) is 5.75 Å². The summed E-state index contributed by atoms with van der Waals surface area (Å²) in [6.45, 7) is 6.37. The van der Waals surface area contributed by atoms with Crippen LogP contribution in [0.2, 0.25) is 0 Å². The number of fused-ring (bicyclic) bond motifs is 1. The van der Waals surface area contributed by atoms with Crippen LogP contribution in [0.25, 0.3) is 10.8 Å². The fraction of sp³-hybridized carbons (Fsp3) is 0.333. The highest BCUT2D eigenvalue weighted by Gasteiger charge is 2.24. The van der Waals surface area contributed by atoms with Crippen LogP contribution in [-0.2, 0) is 0 Å². The van der Waals surface area contributed by atoms with Gasteiger partial charge in [-0.2, -0.15) is 0 Å². The highest BCUT2D eigenvalue weighted by molar-refractivity contribution is 5.91. The Hall–Kier alpha value is -1.54. The summed E-state index contributed by atoms with van der Waals surface area (Å²) in [5.74, 6) is 0.311. The molecule has 2 heteroatoms. The monoisotopic (exact) mass is 229 g/mol. The van der Waals surface area contributed by atoms with E-state index in [0.29, 0.717) is 5.75 Å². The predicted molar refractivity (Wildman–Crippen MR) is 72.0 cm³/mol. The smallest absolute Gasteiger partial charge is 0.123 e. The molecule has 0 aliphatic heterocycles. The lowest BCUT2D eigenvalue weighted by Gasteiger charge is -2.28. The first-order chi connectivity index (χ1) is 7.91. The molecule has 0 aromatic heterocycles. The molecule has 2 aromatic carbocycles. The van der Waals surface area contributed by atoms with Gasteiger partial charge in [0.15, 0.2) is 0 Å². The van der Waals surface area contributed by atoms with Crippen molar-refractivity contribution in [3.63, 3.8) is 0 Å². The summed E-state index contributed by atoms with van der Waals surface area (Å²) < 4.78 is 0. The molecule has 2 rings (SSSR count). The number of rotatable bonds is 1. The first-order valence-electron chi connectivity index (χ1n) is 5.87. The van der Waals surface area contributed by atoms with Crippen LogP contribution in [0, 0.1) is 5.41 Å². The van der Waals surface area contributed by atoms with Crippen molar-refractivity contribution in [2.24, 2.45) is 11.1 Å². The molecule has 0 heterocycles. The molecule has 2 aromatic rings. The van der Waals surface area contributed by atoms with E-state index in [2.05, 4.69) is 20.8 Å². The van der Waals surface area contributed by atoms with Gasteiger partial charge in [-0.05, 0) is 22.4 Å². The van der Waals surface area contributed by atoms with E-state index in [4.69, 9.17) is 5.73 Å². The standard InChI is InChI=1S/C15H19NO/c1-15(2,3)14(16)12-8-9-13(17)11-7-5-4-6-10(11)12/h4-9,14,17H,16H2,1-3H3/t14-/m1/s1. The number of nitrogens with two attached hydrogens (primary N) is 1. The second kappa shape index (κ2) is 4.04. The topological polar surface area (TPSA) is 46.2 Å². The van der Waals surface area contributed by atoms with Gasteiger partial charge in [0.05, 0.1) is 0 Å². The molecule has 90 valence electrons. The largest absolute Gasteiger partial charge is 0.507 e. The third-order valence-corrected chi connectivity index (χ3v) is 3.20. The predicted octanol–water partition coefficient (Wildman–Crippen LogP) is 3.59. The Balaban J connectivity index is 2.67. The molecule has 0 saturated carbocycles. The average Bonchev–Trinajstić information content (AvgIpc) is 2.28. The Labute approximate surface area is 102 Å². The first-order valence-corrected chi connectivity index (χ1v) is 5.87. The molecule has 0 saturated heterocycles. The Morgan fingerprint density at radius 3 is 2.18 bits per heavy atom. The molecule has 0 fully saturated rings. The van der Waals surface area contributed by atoms with Crippen molar-refractivity contribution < 1.29 is 5.11 Å². The Morgan fingerprint density at radius 2 is 1.59 bits per heavy atom. The van der Waals surface area contributed by atoms with Gasteiger partial charge in [0.1, 0.15) is 5.75 Å². The highest BCUT2D eigenvalue weighted by Crippen LogP contribution is 2.36. The van der Waals surface area contributed by atoms with E-state index in [1.807, 2.05) is 30.3 Å². The lowest BCUT2D eigenvalue weighted by Crippen LogP contribution is -2.26. The van der Waals surface area contributed by atoms with Crippen molar-refractivity contribution in [2.45, 2.75) is 26.8 Å². The molecule has 0 bridgehead atoms. The van der Waals surface area contributed by atoms with Crippen molar-refractivity contribution in [3.8, 4) is 5.75 Å². The molecule has 0 aliphatic rings. The number of phenolic OH excluding ortho intramolecular Hbond substituents is 1. The SMILES string of the molecule is CC(C)(C)[C@H](N)c1ccc(O)c2ccccc12. The summed E-state index contributed by atoms with van der Waals surface area (Å²) in [6, 6.07) is 11.4. The van der Waals surface area contributed by atoms with Crippen molar-refractivity contribution in [1.82, 2.24) is 0 Å². The minimum Gasteiger partial charge on any atom is -0.507 e. The molecule has 0 unspecified atom stereocenters. The van der Waals surface area contributed by atoms with Gasteiger partial charge in [-0.25, -0.2) is 0 Å². The molecular weight excluding hydrogens is 210 g/mol. The molecule has 17 heavy (non-hydrogen) atoms. The minimum atomic E-state index is -0.0481. The lowest BCUT2D eigenvalue weighted by atomic mass is 9.81. The molecule has 0 amide bonds. The first kappa shape index (κ1) is 11.9. The van der Waals surface area contributed by atoms with E-state index in [0.717, 1.165) is 16.3 Å². The van der Waals surface area contributed by atoms with Crippen LogP contribution < -0.4 is 5.73 Å². The van der Waals surface area contributed by atoms with E-state index in [9.17, 15) is 5.11 Å². The van der Waals surface area contributed by atoms with Crippen LogP contribution in [0.1, 0.15) is 32.4 Å². The number of benzene rings is 2. The number of phenols is 1. The van der Waals surface area contributed by atoms with Gasteiger partial charge in [-0.3, -0.25) is 0 Å². The van der Waals surface area contributed by atoms with Crippen LogP contribution in [-0.4, -0.2) is 5.11 Å². The van der Waals surface area contributed by atoms with E-state index in [-0.39, 0.29) is 11.5 Å². The maximum atomic E-state index is 9.84. The zero-order valence-corrected chi connectivity index (χ0v) is 10.6.